The van der Waals surface area contributed by atoms with Gasteiger partial charge < -0.3 is 37.1 Å². The summed E-state index contributed by atoms with van der Waals surface area (Å²) in [6.07, 6.45) is -4.75. The molecule has 0 fully saturated rings. The Balaban J connectivity index is 3.21. The van der Waals surface area contributed by atoms with Crippen LogP contribution in [0.15, 0.2) is 24.3 Å². The van der Waals surface area contributed by atoms with Crippen molar-refractivity contribution in [2.24, 2.45) is 17.4 Å². The quantitative estimate of drug-likeness (QED) is 0.0437. The Labute approximate surface area is 252 Å². The van der Waals surface area contributed by atoms with Crippen LogP contribution in [0.4, 0.5) is 13.2 Å². The van der Waals surface area contributed by atoms with Crippen molar-refractivity contribution >= 4 is 41.5 Å². The number of halogens is 3. The molecule has 0 aliphatic carbocycles. The molecule has 44 heavy (non-hydrogen) atoms. The summed E-state index contributed by atoms with van der Waals surface area (Å²) < 4.78 is 42.0. The molecule has 0 saturated carbocycles. The molecule has 1 aromatic rings. The van der Waals surface area contributed by atoms with E-state index >= 15 is 0 Å². The number of carbonyl (C=O) groups excluding carboxylic acids is 5. The van der Waals surface area contributed by atoms with E-state index in [9.17, 15) is 37.1 Å². The Morgan fingerprint density at radius 3 is 2.00 bits per heavy atom. The van der Waals surface area contributed by atoms with Gasteiger partial charge in [-0.15, -0.1) is 0 Å². The zero-order chi connectivity index (χ0) is 33.6. The number of benzene rings is 1. The van der Waals surface area contributed by atoms with E-state index in [0.717, 1.165) is 0 Å². The van der Waals surface area contributed by atoms with Crippen molar-refractivity contribution in [2.75, 3.05) is 20.6 Å². The van der Waals surface area contributed by atoms with Crippen molar-refractivity contribution in [3.05, 3.63) is 35.4 Å². The van der Waals surface area contributed by atoms with E-state index in [1.54, 1.807) is 24.3 Å². The van der Waals surface area contributed by atoms with Crippen molar-refractivity contribution < 1.29 is 41.9 Å². The van der Waals surface area contributed by atoms with E-state index in [1.807, 2.05) is 6.92 Å². The highest BCUT2D eigenvalue weighted by Crippen LogP contribution is 2.18. The second-order valence-electron chi connectivity index (χ2n) is 10.1. The minimum atomic E-state index is -5.46. The smallest absolute Gasteiger partial charge is 0.385 e. The average Bonchev–Trinajstić information content (AvgIpc) is 2.94. The van der Waals surface area contributed by atoms with Crippen LogP contribution in [0.5, 0.6) is 0 Å². The minimum Gasteiger partial charge on any atom is -0.385 e. The van der Waals surface area contributed by atoms with Gasteiger partial charge in [-0.3, -0.25) is 25.2 Å². The molecule has 0 bridgehead atoms. The van der Waals surface area contributed by atoms with Gasteiger partial charge in [0.15, 0.2) is 5.96 Å². The zero-order valence-corrected chi connectivity index (χ0v) is 24.7. The molecule has 1 unspecified atom stereocenters. The zero-order valence-electron chi connectivity index (χ0n) is 24.7. The van der Waals surface area contributed by atoms with Crippen molar-refractivity contribution in [1.29, 1.82) is 10.8 Å². The highest BCUT2D eigenvalue weighted by Gasteiger charge is 2.43. The molecular formula is C27H39F3N8O6. The highest BCUT2D eigenvalue weighted by atomic mass is 19.4. The van der Waals surface area contributed by atoms with Crippen molar-refractivity contribution in [1.82, 2.24) is 20.9 Å². The van der Waals surface area contributed by atoms with Crippen LogP contribution in [0.2, 0.25) is 0 Å². The van der Waals surface area contributed by atoms with Gasteiger partial charge >= 0.3 is 18.1 Å². The van der Waals surface area contributed by atoms with Crippen molar-refractivity contribution in [3.63, 3.8) is 0 Å². The molecule has 3 amide bonds. The van der Waals surface area contributed by atoms with Crippen LogP contribution in [0, 0.1) is 16.7 Å². The number of carbonyl (C=O) groups is 5. The van der Waals surface area contributed by atoms with E-state index < -0.39 is 59.8 Å². The molecule has 9 N–H and O–H groups in total. The van der Waals surface area contributed by atoms with Gasteiger partial charge in [-0.2, -0.15) is 13.2 Å². The first kappa shape index (κ1) is 37.3. The molecule has 0 aliphatic rings. The second kappa shape index (κ2) is 17.4. The van der Waals surface area contributed by atoms with Crippen LogP contribution in [-0.2, 0) is 35.1 Å². The molecule has 0 spiro atoms. The number of unbranched alkanes of at least 4 members (excludes halogenated alkanes) is 1. The van der Waals surface area contributed by atoms with Crippen LogP contribution in [0.25, 0.3) is 0 Å². The molecule has 0 saturated heterocycles. The van der Waals surface area contributed by atoms with Crippen molar-refractivity contribution in [3.8, 4) is 0 Å². The van der Waals surface area contributed by atoms with Crippen LogP contribution in [-0.4, -0.2) is 85.3 Å². The summed E-state index contributed by atoms with van der Waals surface area (Å²) in [6.45, 7) is 1.82. The van der Waals surface area contributed by atoms with Crippen LogP contribution in [0.1, 0.15) is 50.2 Å². The Kier molecular flexibility index (Phi) is 14.8. The van der Waals surface area contributed by atoms with E-state index in [1.165, 1.54) is 19.0 Å². The Bertz CT molecular complexity index is 1210. The Morgan fingerprint density at radius 2 is 1.50 bits per heavy atom. The predicted molar refractivity (Wildman–Crippen MR) is 153 cm³/mol. The summed E-state index contributed by atoms with van der Waals surface area (Å²) in [5.41, 5.74) is 11.7. The van der Waals surface area contributed by atoms with Gasteiger partial charge in [-0.05, 0) is 31.2 Å². The van der Waals surface area contributed by atoms with Gasteiger partial charge in [0.05, 0.1) is 0 Å². The lowest BCUT2D eigenvalue weighted by molar-refractivity contribution is -0.202. The number of hydrogen-bond donors (Lipinski definition) is 7. The lowest BCUT2D eigenvalue weighted by Crippen LogP contribution is -2.54. The summed E-state index contributed by atoms with van der Waals surface area (Å²) in [6, 6.07) is 3.28. The second-order valence-corrected chi connectivity index (χ2v) is 10.1. The summed E-state index contributed by atoms with van der Waals surface area (Å²) in [5, 5.41) is 21.9. The summed E-state index contributed by atoms with van der Waals surface area (Å²) in [4.78, 5) is 64.6. The fraction of sp³-hybridized carbons (Fsp3) is 0.519. The summed E-state index contributed by atoms with van der Waals surface area (Å²) in [7, 11) is 2.89. The number of esters is 2. The number of amides is 3. The molecule has 1 rings (SSSR count). The van der Waals surface area contributed by atoms with Gasteiger partial charge in [0.2, 0.25) is 17.7 Å². The first-order valence-electron chi connectivity index (χ1n) is 13.6. The Hall–Kier alpha value is -4.70. The third-order valence-corrected chi connectivity index (χ3v) is 6.25. The topological polar surface area (TPSA) is 234 Å². The van der Waals surface area contributed by atoms with Gasteiger partial charge in [0.1, 0.15) is 23.8 Å². The molecule has 0 radical (unpaired) electrons. The number of nitrogen functional groups attached to an aromatic ring is 1. The van der Waals surface area contributed by atoms with Gasteiger partial charge in [0, 0.05) is 26.2 Å². The van der Waals surface area contributed by atoms with E-state index in [0.29, 0.717) is 24.0 Å². The first-order valence-corrected chi connectivity index (χ1v) is 13.6. The lowest BCUT2D eigenvalue weighted by atomic mass is 9.95. The largest absolute Gasteiger partial charge is 0.491 e. The van der Waals surface area contributed by atoms with E-state index in [4.69, 9.17) is 22.3 Å². The number of hydrogen-bond acceptors (Lipinski definition) is 8. The number of amidine groups is 1. The maximum absolute atomic E-state index is 13.4. The third kappa shape index (κ3) is 12.7. The van der Waals surface area contributed by atoms with E-state index in [2.05, 4.69) is 20.7 Å². The normalized spacial score (nSPS) is 13.0. The van der Waals surface area contributed by atoms with Crippen molar-refractivity contribution in [2.45, 2.75) is 63.7 Å². The Morgan fingerprint density at radius 1 is 0.932 bits per heavy atom. The van der Waals surface area contributed by atoms with Crippen LogP contribution >= 0.6 is 0 Å². The third-order valence-electron chi connectivity index (χ3n) is 6.25. The molecule has 0 aromatic heterocycles. The molecule has 244 valence electrons. The lowest BCUT2D eigenvalue weighted by Gasteiger charge is -2.25. The highest BCUT2D eigenvalue weighted by molar-refractivity contribution is 6.02. The number of alkyl halides is 3. The number of guanidine groups is 1. The van der Waals surface area contributed by atoms with Crippen LogP contribution < -0.4 is 27.4 Å². The molecular weight excluding hydrogens is 589 g/mol. The fourth-order valence-electron chi connectivity index (χ4n) is 3.88. The monoisotopic (exact) mass is 628 g/mol. The van der Waals surface area contributed by atoms with Gasteiger partial charge in [-0.25, -0.2) is 9.59 Å². The summed E-state index contributed by atoms with van der Waals surface area (Å²) in [5.74, 6) is -8.62. The number of nitrogens with zero attached hydrogens (tertiary/aromatic N) is 1. The van der Waals surface area contributed by atoms with E-state index in [-0.39, 0.29) is 38.1 Å². The number of nitrogens with one attached hydrogen (secondary N) is 5. The van der Waals surface area contributed by atoms with Crippen LogP contribution in [0.3, 0.4) is 0 Å². The predicted octanol–water partition coefficient (Wildman–Crippen LogP) is 0.273. The molecule has 1 aromatic carbocycles. The summed E-state index contributed by atoms with van der Waals surface area (Å²) >= 11 is 0. The fourth-order valence-corrected chi connectivity index (χ4v) is 3.88. The molecule has 0 heterocycles. The SMILES string of the molecule is CCCC[C@H](NC(=O)C(Cc1ccc(C(=N)N)cc1)C(=O)N(C)C)C(=O)N[C@@H](CCCNC(=N)N)C(=O)OC(=O)C(F)(F)F. The molecule has 17 heteroatoms. The standard InChI is InChI=1S/C27H39F3N8O6/c1-4-5-7-18(22(40)37-19(8-6-13-35-26(33)34)24(42)44-25(43)27(28,29)30)36-21(39)17(23(41)38(2)3)14-15-9-11-16(12-10-15)20(31)32/h9-12,17-19H,4-8,13-14H2,1-3H3,(H3,31,32)(H,36,39)(H,37,40)(H4,33,34,35)/t17?,18-,19-/m0/s1. The maximum Gasteiger partial charge on any atom is 0.491 e. The molecule has 3 atom stereocenters. The number of ether oxygens (including phenoxy) is 1. The maximum atomic E-state index is 13.4. The minimum absolute atomic E-state index is 0.0138. The van der Waals surface area contributed by atoms with Gasteiger partial charge in [0.25, 0.3) is 0 Å². The molecule has 0 aliphatic heterocycles. The first-order chi connectivity index (χ1) is 20.5. The average molecular weight is 629 g/mol. The number of nitrogens with two attached hydrogens (primary N) is 2. The van der Waals surface area contributed by atoms with Gasteiger partial charge in [-0.1, -0.05) is 44.0 Å². The number of rotatable bonds is 16. The molecule has 14 nitrogen and oxygen atoms in total.